The van der Waals surface area contributed by atoms with Gasteiger partial charge in [-0.3, -0.25) is 9.78 Å². The zero-order valence-electron chi connectivity index (χ0n) is 16.6. The van der Waals surface area contributed by atoms with Crippen LogP contribution in [0.1, 0.15) is 43.0 Å². The smallest absolute Gasteiger partial charge is 0.255 e. The Balaban J connectivity index is 2.03. The first kappa shape index (κ1) is 21.4. The summed E-state index contributed by atoms with van der Waals surface area (Å²) in [5, 5.41) is 13.1. The number of unbranched alkanes of at least 4 members (excludes halogenated alkanes) is 2. The zero-order valence-corrected chi connectivity index (χ0v) is 16.6. The maximum Gasteiger partial charge on any atom is 0.255 e. The number of hydrogen-bond acceptors (Lipinski definition) is 7. The van der Waals surface area contributed by atoms with Crippen LogP contribution in [0.4, 0.5) is 5.95 Å². The van der Waals surface area contributed by atoms with Gasteiger partial charge in [-0.05, 0) is 37.1 Å². The summed E-state index contributed by atoms with van der Waals surface area (Å²) in [6.45, 7) is 4.43. The standard InChI is InChI=1S/C20H28N4O4/c1-4-5-6-11-28-17-8-7-15(12-18(17)27-3)13-21-24-20-22-14(2)16(9-10-25)19(26)23-20/h7-8,12-13,25H,4-6,9-11H2,1-3H3,(H2,22,23,24,26)/b21-13-. The number of aromatic nitrogens is 2. The fourth-order valence-electron chi connectivity index (χ4n) is 2.66. The molecule has 28 heavy (non-hydrogen) atoms. The number of aryl methyl sites for hydroxylation is 1. The SMILES string of the molecule is CCCCCOc1ccc(/C=N\Nc2nc(C)c(CCO)c(=O)[nH]2)cc1OC. The van der Waals surface area contributed by atoms with Crippen molar-refractivity contribution in [3.8, 4) is 11.5 Å². The molecule has 152 valence electrons. The summed E-state index contributed by atoms with van der Waals surface area (Å²) >= 11 is 0. The molecule has 0 spiro atoms. The van der Waals surface area contributed by atoms with E-state index in [9.17, 15) is 4.79 Å². The summed E-state index contributed by atoms with van der Waals surface area (Å²) in [5.41, 5.74) is 4.26. The van der Waals surface area contributed by atoms with Crippen molar-refractivity contribution in [1.29, 1.82) is 0 Å². The summed E-state index contributed by atoms with van der Waals surface area (Å²) in [6, 6.07) is 5.54. The van der Waals surface area contributed by atoms with Crippen molar-refractivity contribution < 1.29 is 14.6 Å². The first-order valence-corrected chi connectivity index (χ1v) is 9.39. The molecule has 1 aromatic carbocycles. The lowest BCUT2D eigenvalue weighted by molar-refractivity contribution is 0.286. The summed E-state index contributed by atoms with van der Waals surface area (Å²) in [6.07, 6.45) is 5.15. The number of H-pyrrole nitrogens is 1. The van der Waals surface area contributed by atoms with E-state index in [1.807, 2.05) is 18.2 Å². The van der Waals surface area contributed by atoms with Gasteiger partial charge in [0.15, 0.2) is 11.5 Å². The second-order valence-corrected chi connectivity index (χ2v) is 6.29. The number of ether oxygens (including phenoxy) is 2. The minimum Gasteiger partial charge on any atom is -0.493 e. The van der Waals surface area contributed by atoms with Gasteiger partial charge < -0.3 is 14.6 Å². The van der Waals surface area contributed by atoms with E-state index in [4.69, 9.17) is 14.6 Å². The monoisotopic (exact) mass is 388 g/mol. The molecule has 1 aromatic heterocycles. The summed E-state index contributed by atoms with van der Waals surface area (Å²) in [5.74, 6) is 1.57. The molecule has 8 heteroatoms. The van der Waals surface area contributed by atoms with Crippen LogP contribution < -0.4 is 20.5 Å². The van der Waals surface area contributed by atoms with E-state index in [2.05, 4.69) is 27.4 Å². The molecule has 0 saturated heterocycles. The third kappa shape index (κ3) is 6.09. The Morgan fingerprint density at radius 3 is 2.82 bits per heavy atom. The molecule has 0 aliphatic rings. The van der Waals surface area contributed by atoms with Gasteiger partial charge in [0.2, 0.25) is 5.95 Å². The lowest BCUT2D eigenvalue weighted by Crippen LogP contribution is -2.19. The number of rotatable bonds is 11. The zero-order chi connectivity index (χ0) is 20.4. The number of aliphatic hydroxyl groups excluding tert-OH is 1. The van der Waals surface area contributed by atoms with Crippen LogP contribution in [0.5, 0.6) is 11.5 Å². The van der Waals surface area contributed by atoms with E-state index in [0.717, 1.165) is 24.8 Å². The van der Waals surface area contributed by atoms with Gasteiger partial charge in [0, 0.05) is 18.6 Å². The normalized spacial score (nSPS) is 11.0. The Bertz CT molecular complexity index is 849. The van der Waals surface area contributed by atoms with Gasteiger partial charge in [-0.1, -0.05) is 19.8 Å². The summed E-state index contributed by atoms with van der Waals surface area (Å²) < 4.78 is 11.2. The summed E-state index contributed by atoms with van der Waals surface area (Å²) in [4.78, 5) is 18.9. The van der Waals surface area contributed by atoms with Crippen molar-refractivity contribution in [3.05, 3.63) is 45.4 Å². The molecule has 2 aromatic rings. The molecule has 3 N–H and O–H groups in total. The van der Waals surface area contributed by atoms with E-state index in [1.165, 1.54) is 0 Å². The lowest BCUT2D eigenvalue weighted by Gasteiger charge is -2.11. The molecule has 1 heterocycles. The number of nitrogens with one attached hydrogen (secondary N) is 2. The highest BCUT2D eigenvalue weighted by Gasteiger charge is 2.07. The summed E-state index contributed by atoms with van der Waals surface area (Å²) in [7, 11) is 1.60. The quantitative estimate of drug-likeness (QED) is 0.310. The second kappa shape index (κ2) is 11.1. The second-order valence-electron chi connectivity index (χ2n) is 6.29. The first-order chi connectivity index (χ1) is 13.6. The Kier molecular flexibility index (Phi) is 8.48. The number of aliphatic hydroxyl groups is 1. The van der Waals surface area contributed by atoms with E-state index in [1.54, 1.807) is 20.2 Å². The third-order valence-corrected chi connectivity index (χ3v) is 4.16. The van der Waals surface area contributed by atoms with Gasteiger partial charge in [0.25, 0.3) is 5.56 Å². The fourth-order valence-corrected chi connectivity index (χ4v) is 2.66. The van der Waals surface area contributed by atoms with Crippen molar-refractivity contribution in [1.82, 2.24) is 9.97 Å². The molecule has 0 bridgehead atoms. The minimum absolute atomic E-state index is 0.101. The first-order valence-electron chi connectivity index (χ1n) is 9.39. The van der Waals surface area contributed by atoms with Crippen LogP contribution in [0.2, 0.25) is 0 Å². The number of benzene rings is 1. The number of anilines is 1. The van der Waals surface area contributed by atoms with E-state index < -0.39 is 0 Å². The average Bonchev–Trinajstić information content (AvgIpc) is 2.68. The number of hydrazone groups is 1. The van der Waals surface area contributed by atoms with Gasteiger partial charge in [0.1, 0.15) is 0 Å². The minimum atomic E-state index is -0.287. The van der Waals surface area contributed by atoms with Crippen LogP contribution in [0.25, 0.3) is 0 Å². The molecule has 2 rings (SSSR count). The van der Waals surface area contributed by atoms with E-state index in [0.29, 0.717) is 29.4 Å². The Labute approximate surface area is 164 Å². The molecular formula is C20H28N4O4. The molecule has 8 nitrogen and oxygen atoms in total. The molecule has 0 radical (unpaired) electrons. The highest BCUT2D eigenvalue weighted by atomic mass is 16.5. The topological polar surface area (TPSA) is 109 Å². The van der Waals surface area contributed by atoms with Crippen molar-refractivity contribution in [2.45, 2.75) is 39.5 Å². The number of nitrogens with zero attached hydrogens (tertiary/aromatic N) is 2. The third-order valence-electron chi connectivity index (χ3n) is 4.16. The van der Waals surface area contributed by atoms with Crippen LogP contribution in [-0.2, 0) is 6.42 Å². The van der Waals surface area contributed by atoms with E-state index in [-0.39, 0.29) is 24.5 Å². The molecule has 0 fully saturated rings. The predicted molar refractivity (Wildman–Crippen MR) is 110 cm³/mol. The van der Waals surface area contributed by atoms with Crippen LogP contribution in [0, 0.1) is 6.92 Å². The molecule has 0 atom stereocenters. The maximum atomic E-state index is 12.0. The number of hydrogen-bond donors (Lipinski definition) is 3. The Morgan fingerprint density at radius 2 is 2.14 bits per heavy atom. The van der Waals surface area contributed by atoms with Crippen LogP contribution in [0.15, 0.2) is 28.1 Å². The highest BCUT2D eigenvalue weighted by molar-refractivity contribution is 5.81. The van der Waals surface area contributed by atoms with Crippen LogP contribution in [0.3, 0.4) is 0 Å². The van der Waals surface area contributed by atoms with Crippen molar-refractivity contribution in [3.63, 3.8) is 0 Å². The van der Waals surface area contributed by atoms with E-state index >= 15 is 0 Å². The fraction of sp³-hybridized carbons (Fsp3) is 0.450. The average molecular weight is 388 g/mol. The largest absolute Gasteiger partial charge is 0.493 e. The molecular weight excluding hydrogens is 360 g/mol. The maximum absolute atomic E-state index is 12.0. The van der Waals surface area contributed by atoms with Crippen molar-refractivity contribution in [2.75, 3.05) is 25.7 Å². The molecule has 0 amide bonds. The van der Waals surface area contributed by atoms with Crippen molar-refractivity contribution >= 4 is 12.2 Å². The highest BCUT2D eigenvalue weighted by Crippen LogP contribution is 2.27. The van der Waals surface area contributed by atoms with Gasteiger partial charge in [-0.15, -0.1) is 0 Å². The molecule has 0 aliphatic heterocycles. The Morgan fingerprint density at radius 1 is 1.32 bits per heavy atom. The van der Waals surface area contributed by atoms with Crippen molar-refractivity contribution in [2.24, 2.45) is 5.10 Å². The van der Waals surface area contributed by atoms with Crippen LogP contribution in [-0.4, -0.2) is 41.6 Å². The molecule has 0 unspecified atom stereocenters. The lowest BCUT2D eigenvalue weighted by atomic mass is 10.2. The van der Waals surface area contributed by atoms with Gasteiger partial charge >= 0.3 is 0 Å². The Hall–Kier alpha value is -2.87. The predicted octanol–water partition coefficient (Wildman–Crippen LogP) is 2.64. The molecule has 0 aliphatic carbocycles. The molecule has 0 saturated carbocycles. The van der Waals surface area contributed by atoms with Gasteiger partial charge in [-0.2, -0.15) is 5.10 Å². The van der Waals surface area contributed by atoms with Gasteiger partial charge in [0.05, 0.1) is 25.6 Å². The number of methoxy groups -OCH3 is 1. The van der Waals surface area contributed by atoms with Gasteiger partial charge in [-0.25, -0.2) is 10.4 Å². The number of aromatic amines is 1. The van der Waals surface area contributed by atoms with Crippen LogP contribution >= 0.6 is 0 Å².